The summed E-state index contributed by atoms with van der Waals surface area (Å²) in [6.07, 6.45) is 0. The molecule has 1 saturated heterocycles. The van der Waals surface area contributed by atoms with Crippen LogP contribution in [0.4, 0.5) is 0 Å². The van der Waals surface area contributed by atoms with Crippen molar-refractivity contribution in [1.82, 2.24) is 10.1 Å². The monoisotopic (exact) mass is 307 g/mol. The molecule has 2 N–H and O–H groups in total. The van der Waals surface area contributed by atoms with Gasteiger partial charge in [-0.3, -0.25) is 0 Å². The van der Waals surface area contributed by atoms with Crippen molar-refractivity contribution in [3.63, 3.8) is 0 Å². The van der Waals surface area contributed by atoms with E-state index >= 15 is 0 Å². The van der Waals surface area contributed by atoms with Gasteiger partial charge in [-0.25, -0.2) is 0 Å². The van der Waals surface area contributed by atoms with Gasteiger partial charge in [0, 0.05) is 16.8 Å². The highest BCUT2D eigenvalue weighted by Crippen LogP contribution is 2.41. The standard InChI is InChI=1S/C14H17N3OS2/c1-9-12(20-8-7-19-9)13-16-14(18-17-13)11(15)10-5-3-2-4-6-10/h2-6,9,11-12H,7-8,15H2,1H3/t9?,11-,12?/m0/s1. The predicted octanol–water partition coefficient (Wildman–Crippen LogP) is 3.03. The van der Waals surface area contributed by atoms with Gasteiger partial charge >= 0.3 is 0 Å². The van der Waals surface area contributed by atoms with Crippen molar-refractivity contribution in [2.45, 2.75) is 23.5 Å². The van der Waals surface area contributed by atoms with Gasteiger partial charge in [0.1, 0.15) is 6.04 Å². The molecule has 0 radical (unpaired) electrons. The van der Waals surface area contributed by atoms with Crippen molar-refractivity contribution >= 4 is 23.5 Å². The zero-order chi connectivity index (χ0) is 13.9. The molecule has 2 aromatic rings. The van der Waals surface area contributed by atoms with Crippen LogP contribution in [-0.4, -0.2) is 26.9 Å². The maximum absolute atomic E-state index is 6.19. The van der Waals surface area contributed by atoms with Gasteiger partial charge in [0.15, 0.2) is 5.82 Å². The van der Waals surface area contributed by atoms with Gasteiger partial charge < -0.3 is 10.3 Å². The fraction of sp³-hybridized carbons (Fsp3) is 0.429. The number of hydrogen-bond donors (Lipinski definition) is 1. The van der Waals surface area contributed by atoms with Crippen molar-refractivity contribution < 1.29 is 4.52 Å². The average molecular weight is 307 g/mol. The fourth-order valence-electron chi connectivity index (χ4n) is 2.21. The minimum atomic E-state index is -0.353. The van der Waals surface area contributed by atoms with E-state index in [-0.39, 0.29) is 6.04 Å². The van der Waals surface area contributed by atoms with Gasteiger partial charge in [-0.05, 0) is 5.56 Å². The maximum Gasteiger partial charge on any atom is 0.248 e. The van der Waals surface area contributed by atoms with Crippen LogP contribution in [0.3, 0.4) is 0 Å². The van der Waals surface area contributed by atoms with Gasteiger partial charge in [-0.1, -0.05) is 42.4 Å². The smallest absolute Gasteiger partial charge is 0.248 e. The Morgan fingerprint density at radius 3 is 2.75 bits per heavy atom. The summed E-state index contributed by atoms with van der Waals surface area (Å²) in [4.78, 5) is 4.52. The molecule has 2 unspecified atom stereocenters. The van der Waals surface area contributed by atoms with Crippen molar-refractivity contribution in [1.29, 1.82) is 0 Å². The molecule has 4 nitrogen and oxygen atoms in total. The van der Waals surface area contributed by atoms with Crippen LogP contribution >= 0.6 is 23.5 Å². The van der Waals surface area contributed by atoms with E-state index in [2.05, 4.69) is 17.1 Å². The lowest BCUT2D eigenvalue weighted by Crippen LogP contribution is -2.17. The van der Waals surface area contributed by atoms with Crippen LogP contribution in [0.5, 0.6) is 0 Å². The summed E-state index contributed by atoms with van der Waals surface area (Å²) in [6.45, 7) is 2.22. The zero-order valence-corrected chi connectivity index (χ0v) is 12.9. The second-order valence-electron chi connectivity index (χ2n) is 4.75. The van der Waals surface area contributed by atoms with Crippen molar-refractivity contribution in [3.8, 4) is 0 Å². The first kappa shape index (κ1) is 14.0. The van der Waals surface area contributed by atoms with Crippen LogP contribution in [0.25, 0.3) is 0 Å². The first-order valence-corrected chi connectivity index (χ1v) is 8.72. The molecule has 1 fully saturated rings. The van der Waals surface area contributed by atoms with Crippen molar-refractivity contribution in [2.75, 3.05) is 11.5 Å². The molecule has 0 bridgehead atoms. The Hall–Kier alpha value is -0.980. The van der Waals surface area contributed by atoms with Gasteiger partial charge in [0.25, 0.3) is 0 Å². The minimum Gasteiger partial charge on any atom is -0.337 e. The molecule has 20 heavy (non-hydrogen) atoms. The summed E-state index contributed by atoms with van der Waals surface area (Å²) in [5.41, 5.74) is 7.17. The lowest BCUT2D eigenvalue weighted by Gasteiger charge is -2.24. The normalized spacial score (nSPS) is 24.5. The van der Waals surface area contributed by atoms with E-state index in [1.54, 1.807) is 0 Å². The first-order valence-electron chi connectivity index (χ1n) is 6.63. The minimum absolute atomic E-state index is 0.300. The number of aromatic nitrogens is 2. The quantitative estimate of drug-likeness (QED) is 0.940. The van der Waals surface area contributed by atoms with Gasteiger partial charge in [-0.15, -0.1) is 11.8 Å². The molecule has 3 atom stereocenters. The Labute approximate surface area is 126 Å². The van der Waals surface area contributed by atoms with E-state index in [4.69, 9.17) is 10.3 Å². The van der Waals surface area contributed by atoms with Crippen LogP contribution in [0, 0.1) is 0 Å². The lowest BCUT2D eigenvalue weighted by molar-refractivity contribution is 0.362. The zero-order valence-electron chi connectivity index (χ0n) is 11.2. The molecule has 3 rings (SSSR count). The number of hydrogen-bond acceptors (Lipinski definition) is 6. The van der Waals surface area contributed by atoms with Gasteiger partial charge in [0.2, 0.25) is 5.89 Å². The second kappa shape index (κ2) is 6.20. The van der Waals surface area contributed by atoms with Crippen LogP contribution in [-0.2, 0) is 0 Å². The van der Waals surface area contributed by atoms with E-state index in [0.29, 0.717) is 16.4 Å². The number of rotatable bonds is 3. The molecular weight excluding hydrogens is 290 g/mol. The molecule has 1 aromatic carbocycles. The summed E-state index contributed by atoms with van der Waals surface area (Å²) < 4.78 is 5.37. The Morgan fingerprint density at radius 2 is 2.00 bits per heavy atom. The van der Waals surface area contributed by atoms with Gasteiger partial charge in [0.05, 0.1) is 5.25 Å². The maximum atomic E-state index is 6.19. The molecule has 0 amide bonds. The third-order valence-electron chi connectivity index (χ3n) is 3.32. The van der Waals surface area contributed by atoms with E-state index in [1.807, 2.05) is 53.9 Å². The highest BCUT2D eigenvalue weighted by atomic mass is 32.2. The molecule has 1 aliphatic heterocycles. The summed E-state index contributed by atoms with van der Waals surface area (Å²) in [7, 11) is 0. The summed E-state index contributed by atoms with van der Waals surface area (Å²) >= 11 is 3.86. The number of thioether (sulfide) groups is 2. The molecule has 6 heteroatoms. The first-order chi connectivity index (χ1) is 9.75. The highest BCUT2D eigenvalue weighted by molar-refractivity contribution is 8.06. The van der Waals surface area contributed by atoms with Crippen LogP contribution in [0.1, 0.15) is 35.5 Å². The summed E-state index contributed by atoms with van der Waals surface area (Å²) in [5, 5.41) is 4.94. The Balaban J connectivity index is 1.79. The predicted molar refractivity (Wildman–Crippen MR) is 83.9 cm³/mol. The van der Waals surface area contributed by atoms with Crippen LogP contribution in [0.15, 0.2) is 34.9 Å². The Kier molecular flexibility index (Phi) is 4.33. The fourth-order valence-corrected chi connectivity index (χ4v) is 4.89. The van der Waals surface area contributed by atoms with Crippen molar-refractivity contribution in [3.05, 3.63) is 47.6 Å². The average Bonchev–Trinajstić information content (AvgIpc) is 2.97. The Bertz CT molecular complexity index is 561. The number of nitrogens with zero attached hydrogens (tertiary/aromatic N) is 2. The largest absolute Gasteiger partial charge is 0.337 e. The SMILES string of the molecule is CC1SCCSC1c1noc([C@@H](N)c2ccccc2)n1. The molecule has 2 heterocycles. The summed E-state index contributed by atoms with van der Waals surface area (Å²) in [6, 6.07) is 9.48. The van der Waals surface area contributed by atoms with Crippen LogP contribution < -0.4 is 5.73 Å². The molecule has 0 aliphatic carbocycles. The van der Waals surface area contributed by atoms with E-state index in [9.17, 15) is 0 Å². The molecule has 1 aromatic heterocycles. The third-order valence-corrected chi connectivity index (χ3v) is 6.41. The van der Waals surface area contributed by atoms with Crippen molar-refractivity contribution in [2.24, 2.45) is 5.73 Å². The highest BCUT2D eigenvalue weighted by Gasteiger charge is 2.29. The topological polar surface area (TPSA) is 64.9 Å². The second-order valence-corrected chi connectivity index (χ2v) is 7.48. The van der Waals surface area contributed by atoms with E-state index < -0.39 is 0 Å². The summed E-state index contributed by atoms with van der Waals surface area (Å²) in [5.74, 6) is 3.59. The lowest BCUT2D eigenvalue weighted by atomic mass is 10.1. The number of nitrogens with two attached hydrogens (primary N) is 1. The van der Waals surface area contributed by atoms with Gasteiger partial charge in [-0.2, -0.15) is 16.7 Å². The third kappa shape index (κ3) is 2.87. The Morgan fingerprint density at radius 1 is 1.25 bits per heavy atom. The molecule has 0 saturated carbocycles. The molecule has 106 valence electrons. The van der Waals surface area contributed by atoms with E-state index in [1.165, 1.54) is 5.75 Å². The van der Waals surface area contributed by atoms with Crippen LogP contribution in [0.2, 0.25) is 0 Å². The molecule has 1 aliphatic rings. The number of benzene rings is 1. The molecular formula is C14H17N3OS2. The van der Waals surface area contributed by atoms with E-state index in [0.717, 1.165) is 17.1 Å². The molecule has 0 spiro atoms.